The summed E-state index contributed by atoms with van der Waals surface area (Å²) in [5.74, 6) is 0.205. The lowest BCUT2D eigenvalue weighted by Crippen LogP contribution is -2.46. The summed E-state index contributed by atoms with van der Waals surface area (Å²) in [4.78, 5) is 19.1. The molecule has 1 atom stereocenters. The zero-order valence-electron chi connectivity index (χ0n) is 17.1. The molecule has 2 aliphatic heterocycles. The first-order valence-corrected chi connectivity index (χ1v) is 10.1. The number of carbonyl (C=O) groups is 1. The van der Waals surface area contributed by atoms with E-state index in [0.717, 1.165) is 34.4 Å². The van der Waals surface area contributed by atoms with Crippen molar-refractivity contribution in [3.05, 3.63) is 69.1 Å². The molecule has 0 bridgehead atoms. The third kappa shape index (κ3) is 3.72. The second-order valence-electron chi connectivity index (χ2n) is 7.68. The van der Waals surface area contributed by atoms with E-state index >= 15 is 0 Å². The smallest absolute Gasteiger partial charge is 0.330 e. The maximum Gasteiger partial charge on any atom is 0.417 e. The number of pyridine rings is 1. The van der Waals surface area contributed by atoms with Crippen LogP contribution in [0.1, 0.15) is 40.4 Å². The number of halogens is 4. The van der Waals surface area contributed by atoms with Gasteiger partial charge in [0.15, 0.2) is 5.82 Å². The average Bonchev–Trinajstić information content (AvgIpc) is 3.12. The normalized spacial score (nSPS) is 18.9. The van der Waals surface area contributed by atoms with Crippen molar-refractivity contribution < 1.29 is 18.0 Å². The molecule has 10 heteroatoms. The zero-order valence-corrected chi connectivity index (χ0v) is 17.9. The van der Waals surface area contributed by atoms with Crippen LogP contribution >= 0.6 is 11.6 Å². The molecule has 1 unspecified atom stereocenters. The van der Waals surface area contributed by atoms with Crippen molar-refractivity contribution in [2.75, 3.05) is 11.6 Å². The molecule has 0 spiro atoms. The Balaban J connectivity index is 1.63. The summed E-state index contributed by atoms with van der Waals surface area (Å²) >= 11 is 5.98. The van der Waals surface area contributed by atoms with Crippen molar-refractivity contribution >= 4 is 23.3 Å². The molecule has 1 aromatic heterocycles. The van der Waals surface area contributed by atoms with Crippen molar-refractivity contribution in [2.45, 2.75) is 39.4 Å². The first kappa shape index (κ1) is 21.5. The minimum atomic E-state index is -4.63. The predicted molar refractivity (Wildman–Crippen MR) is 111 cm³/mol. The van der Waals surface area contributed by atoms with E-state index in [9.17, 15) is 18.0 Å². The number of nitrogens with one attached hydrogen (secondary N) is 2. The highest BCUT2D eigenvalue weighted by Crippen LogP contribution is 2.38. The summed E-state index contributed by atoms with van der Waals surface area (Å²) in [6, 6.07) is 5.02. The first-order chi connectivity index (χ1) is 14.6. The Morgan fingerprint density at radius 3 is 2.71 bits per heavy atom. The average molecular weight is 452 g/mol. The van der Waals surface area contributed by atoms with Gasteiger partial charge in [0.2, 0.25) is 0 Å². The molecule has 0 radical (unpaired) electrons. The quantitative estimate of drug-likeness (QED) is 0.711. The summed E-state index contributed by atoms with van der Waals surface area (Å²) in [5.41, 5.74) is 8.74. The summed E-state index contributed by atoms with van der Waals surface area (Å²) in [5, 5.41) is 1.27. The number of amides is 1. The number of nitrogens with zero attached hydrogens (tertiary/aromatic N) is 3. The number of hydrazine groups is 2. The Bertz CT molecular complexity index is 1090. The van der Waals surface area contributed by atoms with E-state index in [2.05, 4.69) is 15.9 Å². The van der Waals surface area contributed by atoms with Crippen LogP contribution in [0.25, 0.3) is 0 Å². The molecule has 2 aromatic rings. The van der Waals surface area contributed by atoms with E-state index in [1.165, 1.54) is 17.0 Å². The second kappa shape index (κ2) is 7.72. The Hall–Kier alpha value is -2.78. The molecule has 0 saturated heterocycles. The van der Waals surface area contributed by atoms with Gasteiger partial charge in [-0.05, 0) is 44.0 Å². The highest BCUT2D eigenvalue weighted by molar-refractivity contribution is 6.34. The fourth-order valence-corrected chi connectivity index (χ4v) is 4.33. The summed E-state index contributed by atoms with van der Waals surface area (Å²) < 4.78 is 39.6. The van der Waals surface area contributed by atoms with Gasteiger partial charge in [0.25, 0.3) is 5.91 Å². The van der Waals surface area contributed by atoms with Crippen LogP contribution in [-0.2, 0) is 6.18 Å². The molecule has 164 valence electrons. The molecular weight excluding hydrogens is 431 g/mol. The van der Waals surface area contributed by atoms with Gasteiger partial charge in [0.1, 0.15) is 0 Å². The molecule has 2 aliphatic rings. The van der Waals surface area contributed by atoms with Gasteiger partial charge in [-0.2, -0.15) is 13.2 Å². The zero-order chi connectivity index (χ0) is 22.5. The Morgan fingerprint density at radius 2 is 2.03 bits per heavy atom. The van der Waals surface area contributed by atoms with Gasteiger partial charge in [-0.15, -0.1) is 5.53 Å². The van der Waals surface area contributed by atoms with Crippen LogP contribution in [0, 0.1) is 13.8 Å². The SMILES string of the molecule is Cc1cnc(N2NNC3=C2CCN(C(=O)c2cccc(C(F)(F)F)c2Cl)C3C)c(C)c1. The van der Waals surface area contributed by atoms with Crippen LogP contribution in [0.5, 0.6) is 0 Å². The van der Waals surface area contributed by atoms with Gasteiger partial charge in [-0.1, -0.05) is 23.7 Å². The van der Waals surface area contributed by atoms with Crippen LogP contribution in [0.2, 0.25) is 5.02 Å². The van der Waals surface area contributed by atoms with Crippen LogP contribution in [0.4, 0.5) is 19.0 Å². The number of anilines is 1. The van der Waals surface area contributed by atoms with Gasteiger partial charge >= 0.3 is 6.18 Å². The van der Waals surface area contributed by atoms with Crippen molar-refractivity contribution in [3.8, 4) is 0 Å². The van der Waals surface area contributed by atoms with E-state index in [1.54, 1.807) is 6.20 Å². The van der Waals surface area contributed by atoms with Crippen molar-refractivity contribution in [1.82, 2.24) is 20.8 Å². The van der Waals surface area contributed by atoms with Crippen molar-refractivity contribution in [2.24, 2.45) is 0 Å². The molecule has 0 saturated carbocycles. The van der Waals surface area contributed by atoms with Gasteiger partial charge in [0, 0.05) is 19.2 Å². The first-order valence-electron chi connectivity index (χ1n) is 9.74. The molecule has 4 rings (SSSR count). The van der Waals surface area contributed by atoms with E-state index < -0.39 is 28.7 Å². The summed E-state index contributed by atoms with van der Waals surface area (Å²) in [7, 11) is 0. The number of aromatic nitrogens is 1. The maximum atomic E-state index is 13.2. The minimum Gasteiger partial charge on any atom is -0.330 e. The molecular formula is C21H21ClF3N5O. The van der Waals surface area contributed by atoms with E-state index in [-0.39, 0.29) is 5.56 Å². The third-order valence-electron chi connectivity index (χ3n) is 5.55. The third-order valence-corrected chi connectivity index (χ3v) is 5.96. The number of hydrogen-bond donors (Lipinski definition) is 2. The standard InChI is InChI=1S/C21H21ClF3N5O/c1-11-9-12(2)19(26-10-11)30-16-7-8-29(13(3)18(16)27-28-30)20(31)14-5-4-6-15(17(14)22)21(23,24)25/h4-6,9-10,13,27-28H,7-8H2,1-3H3. The Labute approximate surface area is 182 Å². The lowest BCUT2D eigenvalue weighted by molar-refractivity contribution is -0.137. The van der Waals surface area contributed by atoms with E-state index in [0.29, 0.717) is 13.0 Å². The highest BCUT2D eigenvalue weighted by atomic mass is 35.5. The predicted octanol–water partition coefficient (Wildman–Crippen LogP) is 4.35. The molecule has 1 aromatic carbocycles. The number of benzene rings is 1. The fourth-order valence-electron chi connectivity index (χ4n) is 4.02. The number of rotatable bonds is 2. The van der Waals surface area contributed by atoms with Crippen LogP contribution in [-0.4, -0.2) is 28.4 Å². The number of alkyl halides is 3. The summed E-state index contributed by atoms with van der Waals surface area (Å²) in [6.07, 6.45) is -2.36. The molecule has 1 amide bonds. The Kier molecular flexibility index (Phi) is 5.35. The molecule has 6 nitrogen and oxygen atoms in total. The minimum absolute atomic E-state index is 0.161. The number of aryl methyl sites for hydroxylation is 2. The lowest BCUT2D eigenvalue weighted by Gasteiger charge is -2.35. The molecule has 31 heavy (non-hydrogen) atoms. The molecule has 0 fully saturated rings. The van der Waals surface area contributed by atoms with Crippen LogP contribution in [0.3, 0.4) is 0 Å². The molecule has 3 heterocycles. The maximum absolute atomic E-state index is 13.2. The Morgan fingerprint density at radius 1 is 1.29 bits per heavy atom. The van der Waals surface area contributed by atoms with Crippen molar-refractivity contribution in [3.63, 3.8) is 0 Å². The number of carbonyl (C=O) groups excluding carboxylic acids is 1. The molecule has 2 N–H and O–H groups in total. The molecule has 0 aliphatic carbocycles. The second-order valence-corrected chi connectivity index (χ2v) is 8.05. The topological polar surface area (TPSA) is 60.5 Å². The largest absolute Gasteiger partial charge is 0.417 e. The van der Waals surface area contributed by atoms with Gasteiger partial charge < -0.3 is 10.3 Å². The lowest BCUT2D eigenvalue weighted by atomic mass is 10.0. The van der Waals surface area contributed by atoms with Gasteiger partial charge in [-0.3, -0.25) is 4.79 Å². The van der Waals surface area contributed by atoms with Crippen LogP contribution < -0.4 is 16.0 Å². The van der Waals surface area contributed by atoms with E-state index in [1.807, 2.05) is 31.8 Å². The van der Waals surface area contributed by atoms with Gasteiger partial charge in [0.05, 0.1) is 33.6 Å². The number of hydrogen-bond acceptors (Lipinski definition) is 5. The fraction of sp³-hybridized carbons (Fsp3) is 0.333. The van der Waals surface area contributed by atoms with E-state index in [4.69, 9.17) is 11.6 Å². The summed E-state index contributed by atoms with van der Waals surface area (Å²) in [6.45, 7) is 6.08. The monoisotopic (exact) mass is 451 g/mol. The van der Waals surface area contributed by atoms with Crippen molar-refractivity contribution in [1.29, 1.82) is 0 Å². The van der Waals surface area contributed by atoms with Crippen LogP contribution in [0.15, 0.2) is 41.9 Å². The highest BCUT2D eigenvalue weighted by Gasteiger charge is 2.39. The van der Waals surface area contributed by atoms with Gasteiger partial charge in [-0.25, -0.2) is 9.99 Å².